The molecule has 0 bridgehead atoms. The van der Waals surface area contributed by atoms with E-state index in [9.17, 15) is 23.4 Å². The summed E-state index contributed by atoms with van der Waals surface area (Å²) in [5.74, 6) is -1.22. The molecular weight excluding hydrogens is 312 g/mol. The third-order valence-electron chi connectivity index (χ3n) is 2.27. The van der Waals surface area contributed by atoms with Crippen molar-refractivity contribution in [2.45, 2.75) is 11.8 Å². The third kappa shape index (κ3) is 2.50. The Balaban J connectivity index is 2.69. The zero-order valence-electron chi connectivity index (χ0n) is 9.45. The largest absolute Gasteiger partial charge is 0.504 e. The number of thiophene rings is 2. The Morgan fingerprint density at radius 3 is 2.32 bits per heavy atom. The molecule has 2 aromatic heterocycles. The fourth-order valence-corrected chi connectivity index (χ4v) is 4.49. The summed E-state index contributed by atoms with van der Waals surface area (Å²) in [5, 5.41) is 20.2. The monoisotopic (exact) mass is 320 g/mol. The van der Waals surface area contributed by atoms with Crippen LogP contribution < -0.4 is 0 Å². The van der Waals surface area contributed by atoms with Gasteiger partial charge in [-0.05, 0) is 13.0 Å². The summed E-state index contributed by atoms with van der Waals surface area (Å²) >= 11 is 1.82. The Morgan fingerprint density at radius 1 is 1.32 bits per heavy atom. The van der Waals surface area contributed by atoms with Crippen molar-refractivity contribution in [2.75, 3.05) is 0 Å². The van der Waals surface area contributed by atoms with Crippen molar-refractivity contribution < 1.29 is 28.0 Å². The average Bonchev–Trinajstić information content (AvgIpc) is 2.84. The number of carbonyl (C=O) groups excluding carboxylic acids is 1. The highest BCUT2D eigenvalue weighted by molar-refractivity contribution is 7.86. The number of ketones is 1. The van der Waals surface area contributed by atoms with E-state index < -0.39 is 20.8 Å². The second kappa shape index (κ2) is 4.60. The van der Waals surface area contributed by atoms with Crippen LogP contribution in [0.15, 0.2) is 16.3 Å². The first-order valence-corrected chi connectivity index (χ1v) is 7.97. The molecular formula is C10H8O6S3. The van der Waals surface area contributed by atoms with Crippen LogP contribution >= 0.6 is 22.7 Å². The van der Waals surface area contributed by atoms with Gasteiger partial charge >= 0.3 is 0 Å². The van der Waals surface area contributed by atoms with Gasteiger partial charge in [-0.15, -0.1) is 22.7 Å². The summed E-state index contributed by atoms with van der Waals surface area (Å²) < 4.78 is 31.5. The lowest BCUT2D eigenvalue weighted by molar-refractivity contribution is 0.101. The third-order valence-corrected chi connectivity index (χ3v) is 5.65. The second-order valence-corrected chi connectivity index (χ2v) is 6.96. The lowest BCUT2D eigenvalue weighted by atomic mass is 10.3. The fourth-order valence-electron chi connectivity index (χ4n) is 1.44. The molecule has 0 unspecified atom stereocenters. The van der Waals surface area contributed by atoms with E-state index in [1.165, 1.54) is 12.3 Å². The molecule has 9 heteroatoms. The first-order valence-electron chi connectivity index (χ1n) is 4.84. The maximum atomic E-state index is 11.4. The van der Waals surface area contributed by atoms with E-state index in [0.717, 1.165) is 28.7 Å². The first kappa shape index (κ1) is 14.0. The minimum absolute atomic E-state index is 0.121. The summed E-state index contributed by atoms with van der Waals surface area (Å²) in [7, 11) is -4.52. The molecule has 0 aliphatic carbocycles. The highest BCUT2D eigenvalue weighted by Crippen LogP contribution is 2.46. The lowest BCUT2D eigenvalue weighted by Crippen LogP contribution is -2.02. The highest BCUT2D eigenvalue weighted by Gasteiger charge is 2.25. The van der Waals surface area contributed by atoms with Crippen LogP contribution in [0, 0.1) is 0 Å². The van der Waals surface area contributed by atoms with Crippen molar-refractivity contribution in [1.29, 1.82) is 0 Å². The zero-order valence-corrected chi connectivity index (χ0v) is 11.9. The van der Waals surface area contributed by atoms with Crippen molar-refractivity contribution in [3.63, 3.8) is 0 Å². The van der Waals surface area contributed by atoms with Crippen molar-refractivity contribution in [3.8, 4) is 21.3 Å². The summed E-state index contributed by atoms with van der Waals surface area (Å²) in [5.41, 5.74) is 0. The lowest BCUT2D eigenvalue weighted by Gasteiger charge is -1.94. The quantitative estimate of drug-likeness (QED) is 0.591. The first-order chi connectivity index (χ1) is 8.71. The minimum Gasteiger partial charge on any atom is -0.504 e. The molecule has 2 rings (SSSR count). The van der Waals surface area contributed by atoms with Gasteiger partial charge in [-0.3, -0.25) is 9.35 Å². The predicted octanol–water partition coefficient (Wildman–Crippen LogP) is 2.34. The van der Waals surface area contributed by atoms with Gasteiger partial charge in [0.1, 0.15) is 4.90 Å². The van der Waals surface area contributed by atoms with Gasteiger partial charge in [0.2, 0.25) is 0 Å². The van der Waals surface area contributed by atoms with Gasteiger partial charge in [0.25, 0.3) is 10.1 Å². The van der Waals surface area contributed by atoms with Crippen LogP contribution in [0.4, 0.5) is 0 Å². The molecule has 2 heterocycles. The van der Waals surface area contributed by atoms with Crippen molar-refractivity contribution in [1.82, 2.24) is 0 Å². The van der Waals surface area contributed by atoms with E-state index in [-0.39, 0.29) is 26.1 Å². The normalized spacial score (nSPS) is 11.7. The van der Waals surface area contributed by atoms with Crippen LogP contribution in [-0.4, -0.2) is 29.0 Å². The molecule has 3 N–H and O–H groups in total. The summed E-state index contributed by atoms with van der Waals surface area (Å²) in [6.45, 7) is 1.18. The van der Waals surface area contributed by atoms with Crippen LogP contribution in [-0.2, 0) is 10.1 Å². The molecule has 0 spiro atoms. The highest BCUT2D eigenvalue weighted by atomic mass is 32.2. The minimum atomic E-state index is -4.52. The van der Waals surface area contributed by atoms with Crippen molar-refractivity contribution >= 4 is 38.6 Å². The topological polar surface area (TPSA) is 112 Å². The number of carbonyl (C=O) groups is 1. The average molecular weight is 320 g/mol. The summed E-state index contributed by atoms with van der Waals surface area (Å²) in [4.78, 5) is 11.3. The molecule has 0 aliphatic heterocycles. The maximum Gasteiger partial charge on any atom is 0.296 e. The molecule has 0 radical (unpaired) electrons. The van der Waals surface area contributed by atoms with Gasteiger partial charge in [-0.2, -0.15) is 8.42 Å². The van der Waals surface area contributed by atoms with E-state index in [2.05, 4.69) is 0 Å². The predicted molar refractivity (Wildman–Crippen MR) is 70.8 cm³/mol. The van der Waals surface area contributed by atoms with E-state index >= 15 is 0 Å². The Morgan fingerprint density at radius 2 is 1.95 bits per heavy atom. The number of hydrogen-bond acceptors (Lipinski definition) is 7. The van der Waals surface area contributed by atoms with Crippen LogP contribution in [0.3, 0.4) is 0 Å². The maximum absolute atomic E-state index is 11.4. The smallest absolute Gasteiger partial charge is 0.296 e. The van der Waals surface area contributed by atoms with Crippen LogP contribution in [0.2, 0.25) is 0 Å². The Hall–Kier alpha value is -1.42. The van der Waals surface area contributed by atoms with Crippen LogP contribution in [0.25, 0.3) is 9.75 Å². The molecule has 0 amide bonds. The van der Waals surface area contributed by atoms with Crippen molar-refractivity contribution in [2.24, 2.45) is 0 Å². The molecule has 0 atom stereocenters. The molecule has 102 valence electrons. The molecule has 6 nitrogen and oxygen atoms in total. The van der Waals surface area contributed by atoms with E-state index in [4.69, 9.17) is 4.55 Å². The second-order valence-electron chi connectivity index (χ2n) is 3.63. The zero-order chi connectivity index (χ0) is 14.4. The van der Waals surface area contributed by atoms with Gasteiger partial charge in [0.15, 0.2) is 17.3 Å². The fraction of sp³-hybridized carbons (Fsp3) is 0.100. The molecule has 0 aliphatic rings. The molecule has 0 saturated heterocycles. The van der Waals surface area contributed by atoms with Crippen LogP contribution in [0.5, 0.6) is 11.5 Å². The van der Waals surface area contributed by atoms with Gasteiger partial charge in [-0.25, -0.2) is 0 Å². The Labute approximate surface area is 116 Å². The van der Waals surface area contributed by atoms with E-state index in [1.807, 2.05) is 0 Å². The molecule has 0 fully saturated rings. The SMILES string of the molecule is CC(=O)c1sc(-c2scc(O)c2O)cc1S(=O)(=O)O. The summed E-state index contributed by atoms with van der Waals surface area (Å²) in [6.07, 6.45) is 0. The number of hydrogen-bond donors (Lipinski definition) is 3. The van der Waals surface area contributed by atoms with E-state index in [0.29, 0.717) is 0 Å². The number of aromatic hydroxyl groups is 2. The number of rotatable bonds is 3. The van der Waals surface area contributed by atoms with Gasteiger partial charge < -0.3 is 10.2 Å². The number of Topliss-reactive ketones (excluding diaryl/α,β-unsaturated/α-hetero) is 1. The summed E-state index contributed by atoms with van der Waals surface area (Å²) in [6, 6.07) is 1.10. The standard InChI is InChI=1S/C10H8O6S3/c1-4(11)9-7(19(14,15)16)2-6(18-9)10-8(13)5(12)3-17-10/h2-3,12-13H,1H3,(H,14,15,16). The van der Waals surface area contributed by atoms with Crippen molar-refractivity contribution in [3.05, 3.63) is 16.3 Å². The Bertz CT molecular complexity index is 752. The molecule has 2 aromatic rings. The van der Waals surface area contributed by atoms with E-state index in [1.54, 1.807) is 0 Å². The van der Waals surface area contributed by atoms with Crippen LogP contribution in [0.1, 0.15) is 16.6 Å². The molecule has 0 saturated carbocycles. The molecule has 0 aromatic carbocycles. The van der Waals surface area contributed by atoms with Gasteiger partial charge in [-0.1, -0.05) is 0 Å². The molecule has 19 heavy (non-hydrogen) atoms. The Kier molecular flexibility index (Phi) is 3.39. The van der Waals surface area contributed by atoms with Gasteiger partial charge in [0, 0.05) is 5.38 Å². The van der Waals surface area contributed by atoms with Gasteiger partial charge in [0.05, 0.1) is 14.6 Å².